The highest BCUT2D eigenvalue weighted by Gasteiger charge is 2.27. The number of nitrogens with zero attached hydrogens (tertiary/aromatic N) is 1. The van der Waals surface area contributed by atoms with Crippen LogP contribution in [-0.2, 0) is 11.2 Å². The van der Waals surface area contributed by atoms with Crippen molar-refractivity contribution in [1.29, 1.82) is 0 Å². The summed E-state index contributed by atoms with van der Waals surface area (Å²) in [4.78, 5) is 14.9. The summed E-state index contributed by atoms with van der Waals surface area (Å²) in [5.41, 5.74) is 9.78. The molecule has 3 rings (SSSR count). The van der Waals surface area contributed by atoms with E-state index in [0.717, 1.165) is 36.3 Å². The minimum absolute atomic E-state index is 0.0604. The SMILES string of the molecule is COc1ccccc1NC(=O)C(C)N1CCCc2c(N)cccc21. The Kier molecular flexibility index (Phi) is 4.60. The number of methoxy groups -OCH3 is 1. The van der Waals surface area contributed by atoms with Crippen LogP contribution in [0.2, 0.25) is 0 Å². The van der Waals surface area contributed by atoms with Crippen LogP contribution in [-0.4, -0.2) is 25.6 Å². The molecule has 0 bridgehead atoms. The van der Waals surface area contributed by atoms with Gasteiger partial charge in [-0.05, 0) is 49.6 Å². The Morgan fingerprint density at radius 2 is 2.04 bits per heavy atom. The van der Waals surface area contributed by atoms with Crippen molar-refractivity contribution in [2.75, 3.05) is 29.6 Å². The van der Waals surface area contributed by atoms with Gasteiger partial charge in [-0.3, -0.25) is 4.79 Å². The predicted molar refractivity (Wildman–Crippen MR) is 97.6 cm³/mol. The summed E-state index contributed by atoms with van der Waals surface area (Å²) in [5.74, 6) is 0.594. The quantitative estimate of drug-likeness (QED) is 0.848. The van der Waals surface area contributed by atoms with Gasteiger partial charge in [0.25, 0.3) is 0 Å². The van der Waals surface area contributed by atoms with Crippen molar-refractivity contribution in [3.05, 3.63) is 48.0 Å². The lowest BCUT2D eigenvalue weighted by atomic mass is 9.98. The highest BCUT2D eigenvalue weighted by Crippen LogP contribution is 2.33. The Hall–Kier alpha value is -2.69. The normalized spacial score (nSPS) is 14.7. The van der Waals surface area contributed by atoms with Crippen LogP contribution in [0, 0.1) is 0 Å². The summed E-state index contributed by atoms with van der Waals surface area (Å²) in [5, 5.41) is 2.97. The van der Waals surface area contributed by atoms with Crippen LogP contribution in [0.15, 0.2) is 42.5 Å². The molecule has 3 N–H and O–H groups in total. The second kappa shape index (κ2) is 6.83. The van der Waals surface area contributed by atoms with Crippen LogP contribution in [0.3, 0.4) is 0 Å². The number of amides is 1. The number of nitrogens with two attached hydrogens (primary N) is 1. The first-order valence-corrected chi connectivity index (χ1v) is 8.19. The van der Waals surface area contributed by atoms with Gasteiger partial charge in [0.1, 0.15) is 11.8 Å². The molecule has 1 atom stereocenters. The summed E-state index contributed by atoms with van der Waals surface area (Å²) in [6.07, 6.45) is 1.95. The maximum Gasteiger partial charge on any atom is 0.246 e. The molecular formula is C19H23N3O2. The fourth-order valence-corrected chi connectivity index (χ4v) is 3.21. The first kappa shape index (κ1) is 16.2. The van der Waals surface area contributed by atoms with Crippen LogP contribution in [0.1, 0.15) is 18.9 Å². The van der Waals surface area contributed by atoms with Crippen molar-refractivity contribution in [3.8, 4) is 5.75 Å². The van der Waals surface area contributed by atoms with Gasteiger partial charge in [-0.15, -0.1) is 0 Å². The molecule has 1 aliphatic heterocycles. The average Bonchev–Trinajstić information content (AvgIpc) is 2.61. The third-order valence-electron chi connectivity index (χ3n) is 4.53. The van der Waals surface area contributed by atoms with E-state index >= 15 is 0 Å². The molecule has 5 heteroatoms. The molecule has 126 valence electrons. The van der Waals surface area contributed by atoms with E-state index < -0.39 is 0 Å². The van der Waals surface area contributed by atoms with E-state index in [4.69, 9.17) is 10.5 Å². The number of benzene rings is 2. The standard InChI is InChI=1S/C19H23N3O2/c1-13(19(23)21-16-9-3-4-11-18(16)24-2)22-12-6-7-14-15(20)8-5-10-17(14)22/h3-5,8-11,13H,6-7,12,20H2,1-2H3,(H,21,23). The van der Waals surface area contributed by atoms with Gasteiger partial charge in [0.05, 0.1) is 12.8 Å². The molecule has 1 aliphatic rings. The van der Waals surface area contributed by atoms with E-state index in [1.807, 2.05) is 49.4 Å². The van der Waals surface area contributed by atoms with E-state index in [2.05, 4.69) is 10.2 Å². The first-order valence-electron chi connectivity index (χ1n) is 8.19. The number of hydrogen-bond donors (Lipinski definition) is 2. The van der Waals surface area contributed by atoms with Gasteiger partial charge in [0, 0.05) is 17.9 Å². The molecule has 2 aromatic carbocycles. The Labute approximate surface area is 142 Å². The number of rotatable bonds is 4. The number of hydrogen-bond acceptors (Lipinski definition) is 4. The van der Waals surface area contributed by atoms with Gasteiger partial charge in [0.15, 0.2) is 0 Å². The fourth-order valence-electron chi connectivity index (χ4n) is 3.21. The van der Waals surface area contributed by atoms with Gasteiger partial charge in [-0.1, -0.05) is 18.2 Å². The number of ether oxygens (including phenoxy) is 1. The molecule has 1 heterocycles. The largest absolute Gasteiger partial charge is 0.495 e. The third-order valence-corrected chi connectivity index (χ3v) is 4.53. The molecule has 0 radical (unpaired) electrons. The molecular weight excluding hydrogens is 302 g/mol. The Morgan fingerprint density at radius 1 is 1.25 bits per heavy atom. The lowest BCUT2D eigenvalue weighted by molar-refractivity contribution is -0.117. The lowest BCUT2D eigenvalue weighted by Crippen LogP contribution is -2.44. The number of para-hydroxylation sites is 2. The van der Waals surface area contributed by atoms with Crippen molar-refractivity contribution in [2.45, 2.75) is 25.8 Å². The Bertz CT molecular complexity index is 745. The molecule has 0 saturated heterocycles. The van der Waals surface area contributed by atoms with E-state index in [-0.39, 0.29) is 11.9 Å². The van der Waals surface area contributed by atoms with E-state index in [1.165, 1.54) is 0 Å². The van der Waals surface area contributed by atoms with Gasteiger partial charge in [0.2, 0.25) is 5.91 Å². The van der Waals surface area contributed by atoms with E-state index in [0.29, 0.717) is 11.4 Å². The van der Waals surface area contributed by atoms with Crippen LogP contribution in [0.4, 0.5) is 17.1 Å². The van der Waals surface area contributed by atoms with E-state index in [1.54, 1.807) is 7.11 Å². The second-order valence-corrected chi connectivity index (χ2v) is 6.01. The lowest BCUT2D eigenvalue weighted by Gasteiger charge is -2.36. The number of nitrogens with one attached hydrogen (secondary N) is 1. The Balaban J connectivity index is 1.81. The molecule has 0 spiro atoms. The summed E-state index contributed by atoms with van der Waals surface area (Å²) < 4.78 is 5.30. The zero-order valence-corrected chi connectivity index (χ0v) is 14.1. The van der Waals surface area contributed by atoms with Crippen molar-refractivity contribution in [3.63, 3.8) is 0 Å². The molecule has 24 heavy (non-hydrogen) atoms. The van der Waals surface area contributed by atoms with Crippen molar-refractivity contribution in [2.24, 2.45) is 0 Å². The summed E-state index contributed by atoms with van der Waals surface area (Å²) in [6.45, 7) is 2.76. The molecule has 0 fully saturated rings. The van der Waals surface area contributed by atoms with Crippen LogP contribution in [0.25, 0.3) is 0 Å². The number of anilines is 3. The highest BCUT2D eigenvalue weighted by molar-refractivity contribution is 5.98. The van der Waals surface area contributed by atoms with Crippen molar-refractivity contribution >= 4 is 23.0 Å². The minimum atomic E-state index is -0.296. The highest BCUT2D eigenvalue weighted by atomic mass is 16.5. The van der Waals surface area contributed by atoms with Gasteiger partial charge in [-0.25, -0.2) is 0 Å². The fraction of sp³-hybridized carbons (Fsp3) is 0.316. The zero-order valence-electron chi connectivity index (χ0n) is 14.1. The zero-order chi connectivity index (χ0) is 17.1. The molecule has 1 unspecified atom stereocenters. The molecule has 2 aromatic rings. The summed E-state index contributed by atoms with van der Waals surface area (Å²) in [7, 11) is 1.60. The molecule has 0 saturated carbocycles. The smallest absolute Gasteiger partial charge is 0.246 e. The van der Waals surface area contributed by atoms with Gasteiger partial charge >= 0.3 is 0 Å². The average molecular weight is 325 g/mol. The maximum atomic E-state index is 12.7. The second-order valence-electron chi connectivity index (χ2n) is 6.01. The van der Waals surface area contributed by atoms with Crippen LogP contribution >= 0.6 is 0 Å². The van der Waals surface area contributed by atoms with Crippen molar-refractivity contribution in [1.82, 2.24) is 0 Å². The molecule has 0 aromatic heterocycles. The van der Waals surface area contributed by atoms with Crippen molar-refractivity contribution < 1.29 is 9.53 Å². The van der Waals surface area contributed by atoms with E-state index in [9.17, 15) is 4.79 Å². The topological polar surface area (TPSA) is 67.6 Å². The number of nitrogen functional groups attached to an aromatic ring is 1. The van der Waals surface area contributed by atoms with Crippen LogP contribution < -0.4 is 20.7 Å². The number of carbonyl (C=O) groups excluding carboxylic acids is 1. The maximum absolute atomic E-state index is 12.7. The molecule has 1 amide bonds. The van der Waals surface area contributed by atoms with Gasteiger partial charge in [-0.2, -0.15) is 0 Å². The summed E-state index contributed by atoms with van der Waals surface area (Å²) in [6, 6.07) is 13.0. The summed E-state index contributed by atoms with van der Waals surface area (Å²) >= 11 is 0. The molecule has 5 nitrogen and oxygen atoms in total. The minimum Gasteiger partial charge on any atom is -0.495 e. The number of fused-ring (bicyclic) bond motifs is 1. The first-order chi connectivity index (χ1) is 11.6. The Morgan fingerprint density at radius 3 is 2.83 bits per heavy atom. The number of carbonyl (C=O) groups is 1. The van der Waals surface area contributed by atoms with Crippen LogP contribution in [0.5, 0.6) is 5.75 Å². The molecule has 0 aliphatic carbocycles. The van der Waals surface area contributed by atoms with Gasteiger partial charge < -0.3 is 20.7 Å². The third kappa shape index (κ3) is 3.02. The monoisotopic (exact) mass is 325 g/mol. The predicted octanol–water partition coefficient (Wildman–Crippen LogP) is 3.06.